The van der Waals surface area contributed by atoms with E-state index in [0.717, 1.165) is 6.26 Å². The van der Waals surface area contributed by atoms with Crippen LogP contribution in [0.3, 0.4) is 0 Å². The van der Waals surface area contributed by atoms with Crippen LogP contribution in [0.2, 0.25) is 0 Å². The molecule has 0 aliphatic rings. The lowest BCUT2D eigenvalue weighted by Crippen LogP contribution is -2.30. The molecule has 0 unspecified atom stereocenters. The zero-order valence-electron chi connectivity index (χ0n) is 13.5. The molecule has 0 aliphatic heterocycles. The zero-order chi connectivity index (χ0) is 18.6. The molecule has 2 aromatic carbocycles. The second-order valence-corrected chi connectivity index (χ2v) is 7.30. The van der Waals surface area contributed by atoms with Crippen LogP contribution in [0.15, 0.2) is 53.4 Å². The van der Waals surface area contributed by atoms with E-state index in [1.807, 2.05) is 0 Å². The van der Waals surface area contributed by atoms with E-state index in [1.54, 1.807) is 0 Å². The van der Waals surface area contributed by atoms with Crippen molar-refractivity contribution in [3.63, 3.8) is 0 Å². The lowest BCUT2D eigenvalue weighted by atomic mass is 10.2. The van der Waals surface area contributed by atoms with Gasteiger partial charge in [0.15, 0.2) is 15.9 Å². The smallest absolute Gasteiger partial charge is 0.340 e. The SMILES string of the molecule is C[C@H](OC(=O)c1ccccc1S(C)(=O)=O)C(=O)Nc1ccc(F)cc1. The monoisotopic (exact) mass is 365 g/mol. The van der Waals surface area contributed by atoms with Crippen LogP contribution >= 0.6 is 0 Å². The molecule has 1 amide bonds. The summed E-state index contributed by atoms with van der Waals surface area (Å²) in [5.41, 5.74) is 0.192. The molecule has 0 aromatic heterocycles. The molecule has 8 heteroatoms. The predicted molar refractivity (Wildman–Crippen MR) is 89.5 cm³/mol. The van der Waals surface area contributed by atoms with E-state index in [9.17, 15) is 22.4 Å². The number of rotatable bonds is 5. The average molecular weight is 365 g/mol. The van der Waals surface area contributed by atoms with Crippen molar-refractivity contribution in [2.24, 2.45) is 0 Å². The van der Waals surface area contributed by atoms with Crippen LogP contribution in [0.1, 0.15) is 17.3 Å². The molecule has 0 saturated heterocycles. The molecule has 6 nitrogen and oxygen atoms in total. The van der Waals surface area contributed by atoms with Crippen molar-refractivity contribution < 1.29 is 27.1 Å². The first-order valence-electron chi connectivity index (χ1n) is 7.25. The van der Waals surface area contributed by atoms with Crippen molar-refractivity contribution in [1.29, 1.82) is 0 Å². The maximum atomic E-state index is 12.8. The molecule has 0 saturated carbocycles. The van der Waals surface area contributed by atoms with Gasteiger partial charge in [0.1, 0.15) is 5.82 Å². The van der Waals surface area contributed by atoms with Gasteiger partial charge < -0.3 is 10.1 Å². The van der Waals surface area contributed by atoms with Gasteiger partial charge in [-0.1, -0.05) is 12.1 Å². The van der Waals surface area contributed by atoms with Gasteiger partial charge in [0, 0.05) is 11.9 Å². The van der Waals surface area contributed by atoms with Crippen molar-refractivity contribution in [3.8, 4) is 0 Å². The van der Waals surface area contributed by atoms with Gasteiger partial charge in [-0.2, -0.15) is 0 Å². The molecular weight excluding hydrogens is 349 g/mol. The molecule has 2 aromatic rings. The Morgan fingerprint density at radius 1 is 1.08 bits per heavy atom. The standard InChI is InChI=1S/C17H16FNO5S/c1-11(16(20)19-13-9-7-12(18)8-10-13)24-17(21)14-5-3-4-6-15(14)25(2,22)23/h3-11H,1-2H3,(H,19,20)/t11-/m0/s1. The van der Waals surface area contributed by atoms with Gasteiger partial charge in [-0.3, -0.25) is 4.79 Å². The summed E-state index contributed by atoms with van der Waals surface area (Å²) in [6.07, 6.45) is -0.200. The summed E-state index contributed by atoms with van der Waals surface area (Å²) in [7, 11) is -3.62. The fraction of sp³-hybridized carbons (Fsp3) is 0.176. The minimum atomic E-state index is -3.62. The highest BCUT2D eigenvalue weighted by atomic mass is 32.2. The molecule has 0 spiro atoms. The Morgan fingerprint density at radius 3 is 2.28 bits per heavy atom. The zero-order valence-corrected chi connectivity index (χ0v) is 14.3. The van der Waals surface area contributed by atoms with Gasteiger partial charge in [-0.05, 0) is 43.3 Å². The van der Waals surface area contributed by atoms with Crippen molar-refractivity contribution in [1.82, 2.24) is 0 Å². The molecule has 132 valence electrons. The first-order valence-corrected chi connectivity index (χ1v) is 9.14. The minimum absolute atomic E-state index is 0.147. The normalized spacial score (nSPS) is 12.3. The van der Waals surface area contributed by atoms with Crippen LogP contribution in [0.25, 0.3) is 0 Å². The summed E-state index contributed by atoms with van der Waals surface area (Å²) in [6.45, 7) is 1.35. The molecule has 1 N–H and O–H groups in total. The second-order valence-electron chi connectivity index (χ2n) is 5.31. The summed E-state index contributed by atoms with van der Waals surface area (Å²) in [5.74, 6) is -2.01. The highest BCUT2D eigenvalue weighted by Crippen LogP contribution is 2.17. The third-order valence-corrected chi connectivity index (χ3v) is 4.43. The predicted octanol–water partition coefficient (Wildman–Crippen LogP) is 2.41. The Morgan fingerprint density at radius 2 is 1.68 bits per heavy atom. The molecule has 1 atom stereocenters. The molecule has 25 heavy (non-hydrogen) atoms. The number of ether oxygens (including phenoxy) is 1. The number of esters is 1. The molecule has 0 bridgehead atoms. The highest BCUT2D eigenvalue weighted by molar-refractivity contribution is 7.90. The van der Waals surface area contributed by atoms with Crippen molar-refractivity contribution in [2.75, 3.05) is 11.6 Å². The van der Waals surface area contributed by atoms with Crippen LogP contribution in [0, 0.1) is 5.82 Å². The van der Waals surface area contributed by atoms with Gasteiger partial charge >= 0.3 is 5.97 Å². The number of sulfone groups is 1. The number of carbonyl (C=O) groups is 2. The third-order valence-electron chi connectivity index (χ3n) is 3.27. The first kappa shape index (κ1) is 18.6. The number of hydrogen-bond acceptors (Lipinski definition) is 5. The van der Waals surface area contributed by atoms with E-state index in [2.05, 4.69) is 5.32 Å². The number of hydrogen-bond donors (Lipinski definition) is 1. The lowest BCUT2D eigenvalue weighted by Gasteiger charge is -2.14. The molecular formula is C17H16FNO5S. The quantitative estimate of drug-likeness (QED) is 0.822. The maximum absolute atomic E-state index is 12.8. The van der Waals surface area contributed by atoms with Gasteiger partial charge in [0.05, 0.1) is 10.5 Å². The van der Waals surface area contributed by atoms with E-state index >= 15 is 0 Å². The van der Waals surface area contributed by atoms with Crippen LogP contribution in [-0.2, 0) is 19.4 Å². The fourth-order valence-corrected chi connectivity index (χ4v) is 2.89. The molecule has 2 rings (SSSR count). The van der Waals surface area contributed by atoms with Crippen LogP contribution in [0.4, 0.5) is 10.1 Å². The van der Waals surface area contributed by atoms with Crippen molar-refractivity contribution >= 4 is 27.4 Å². The summed E-state index contributed by atoms with van der Waals surface area (Å²) < 4.78 is 41.3. The van der Waals surface area contributed by atoms with Crippen LogP contribution in [0.5, 0.6) is 0 Å². The summed E-state index contributed by atoms with van der Waals surface area (Å²) in [4.78, 5) is 24.1. The Kier molecular flexibility index (Phi) is 5.53. The third kappa shape index (κ3) is 4.87. The van der Waals surface area contributed by atoms with Crippen molar-refractivity contribution in [2.45, 2.75) is 17.9 Å². The molecule has 0 heterocycles. The highest BCUT2D eigenvalue weighted by Gasteiger charge is 2.23. The summed E-state index contributed by atoms with van der Waals surface area (Å²) in [6, 6.07) is 10.6. The number of benzene rings is 2. The fourth-order valence-electron chi connectivity index (χ4n) is 2.01. The summed E-state index contributed by atoms with van der Waals surface area (Å²) >= 11 is 0. The first-order chi connectivity index (χ1) is 11.7. The second kappa shape index (κ2) is 7.43. The minimum Gasteiger partial charge on any atom is -0.449 e. The van der Waals surface area contributed by atoms with Gasteiger partial charge in [0.25, 0.3) is 5.91 Å². The Bertz CT molecular complexity index is 894. The number of halogens is 1. The molecule has 0 fully saturated rings. The van der Waals surface area contributed by atoms with E-state index in [-0.39, 0.29) is 10.5 Å². The largest absolute Gasteiger partial charge is 0.449 e. The number of anilines is 1. The summed E-state index contributed by atoms with van der Waals surface area (Å²) in [5, 5.41) is 2.47. The van der Waals surface area contributed by atoms with Crippen LogP contribution < -0.4 is 5.32 Å². The Balaban J connectivity index is 2.10. The maximum Gasteiger partial charge on any atom is 0.340 e. The van der Waals surface area contributed by atoms with Gasteiger partial charge in [-0.15, -0.1) is 0 Å². The molecule has 0 aliphatic carbocycles. The Hall–Kier alpha value is -2.74. The number of amides is 1. The van der Waals surface area contributed by atoms with Crippen LogP contribution in [-0.4, -0.2) is 32.7 Å². The Labute approximate surface area is 144 Å². The van der Waals surface area contributed by atoms with E-state index < -0.39 is 33.6 Å². The number of nitrogens with one attached hydrogen (secondary N) is 1. The molecule has 0 radical (unpaired) electrons. The van der Waals surface area contributed by atoms with E-state index in [0.29, 0.717) is 5.69 Å². The van der Waals surface area contributed by atoms with E-state index in [1.165, 1.54) is 55.5 Å². The van der Waals surface area contributed by atoms with Gasteiger partial charge in [0.2, 0.25) is 0 Å². The average Bonchev–Trinajstić information content (AvgIpc) is 2.56. The van der Waals surface area contributed by atoms with E-state index in [4.69, 9.17) is 4.74 Å². The lowest BCUT2D eigenvalue weighted by molar-refractivity contribution is -0.123. The van der Waals surface area contributed by atoms with Crippen molar-refractivity contribution in [3.05, 3.63) is 59.9 Å². The number of carbonyl (C=O) groups excluding carboxylic acids is 2. The van der Waals surface area contributed by atoms with Gasteiger partial charge in [-0.25, -0.2) is 17.6 Å². The topological polar surface area (TPSA) is 89.5 Å².